The van der Waals surface area contributed by atoms with Crippen molar-refractivity contribution >= 4 is 17.2 Å². The first-order chi connectivity index (χ1) is 12.7. The fourth-order valence-corrected chi connectivity index (χ4v) is 3.77. The Labute approximate surface area is 154 Å². The van der Waals surface area contributed by atoms with Crippen LogP contribution in [-0.2, 0) is 0 Å². The molecule has 0 spiro atoms. The molecular weight excluding hydrogens is 348 g/mol. The number of benzene rings is 1. The van der Waals surface area contributed by atoms with Crippen molar-refractivity contribution in [3.8, 4) is 17.5 Å². The molecule has 0 saturated carbocycles. The fraction of sp³-hybridized carbons (Fsp3) is 0.263. The standard InChI is InChI=1S/C19H16N4O2S/c20-10-13-3-5-14(6-4-13)19(24)23-8-1-2-15(11-23)17-21-22-18(25-17)16-7-9-26-12-16/h3-7,9,12,15H,1-2,8,11H2. The summed E-state index contributed by atoms with van der Waals surface area (Å²) in [6, 6.07) is 10.7. The van der Waals surface area contributed by atoms with Gasteiger partial charge in [-0.15, -0.1) is 10.2 Å². The highest BCUT2D eigenvalue weighted by Crippen LogP contribution is 2.29. The average molecular weight is 364 g/mol. The molecule has 0 N–H and O–H groups in total. The zero-order valence-corrected chi connectivity index (χ0v) is 14.8. The smallest absolute Gasteiger partial charge is 0.253 e. The van der Waals surface area contributed by atoms with Crippen molar-refractivity contribution < 1.29 is 9.21 Å². The number of nitriles is 1. The van der Waals surface area contributed by atoms with Gasteiger partial charge < -0.3 is 9.32 Å². The van der Waals surface area contributed by atoms with Crippen molar-refractivity contribution in [1.29, 1.82) is 5.26 Å². The van der Waals surface area contributed by atoms with Gasteiger partial charge in [0.15, 0.2) is 0 Å². The number of nitrogens with zero attached hydrogens (tertiary/aromatic N) is 4. The summed E-state index contributed by atoms with van der Waals surface area (Å²) in [7, 11) is 0. The van der Waals surface area contributed by atoms with E-state index in [1.54, 1.807) is 35.6 Å². The first-order valence-corrected chi connectivity index (χ1v) is 9.34. The molecule has 3 heterocycles. The molecule has 3 aromatic rings. The van der Waals surface area contributed by atoms with Gasteiger partial charge in [-0.1, -0.05) is 0 Å². The summed E-state index contributed by atoms with van der Waals surface area (Å²) in [5, 5.41) is 21.2. The van der Waals surface area contributed by atoms with E-state index >= 15 is 0 Å². The minimum Gasteiger partial charge on any atom is -0.420 e. The molecule has 0 aliphatic carbocycles. The molecule has 7 heteroatoms. The predicted molar refractivity (Wildman–Crippen MR) is 96.6 cm³/mol. The van der Waals surface area contributed by atoms with Crippen LogP contribution < -0.4 is 0 Å². The van der Waals surface area contributed by atoms with E-state index in [2.05, 4.69) is 16.3 Å². The lowest BCUT2D eigenvalue weighted by Crippen LogP contribution is -2.39. The zero-order chi connectivity index (χ0) is 17.9. The third-order valence-corrected chi connectivity index (χ3v) is 5.21. The maximum absolute atomic E-state index is 12.7. The van der Waals surface area contributed by atoms with Crippen molar-refractivity contribution in [3.05, 3.63) is 58.1 Å². The van der Waals surface area contributed by atoms with Crippen molar-refractivity contribution in [2.45, 2.75) is 18.8 Å². The van der Waals surface area contributed by atoms with Crippen LogP contribution in [0, 0.1) is 11.3 Å². The second-order valence-electron chi connectivity index (χ2n) is 6.24. The van der Waals surface area contributed by atoms with Crippen molar-refractivity contribution in [2.24, 2.45) is 0 Å². The highest BCUT2D eigenvalue weighted by atomic mass is 32.1. The van der Waals surface area contributed by atoms with Gasteiger partial charge >= 0.3 is 0 Å². The van der Waals surface area contributed by atoms with Gasteiger partial charge in [0.2, 0.25) is 11.8 Å². The maximum atomic E-state index is 12.7. The lowest BCUT2D eigenvalue weighted by atomic mass is 9.97. The second-order valence-corrected chi connectivity index (χ2v) is 7.02. The molecule has 130 valence electrons. The Morgan fingerprint density at radius 1 is 1.27 bits per heavy atom. The average Bonchev–Trinajstić information content (AvgIpc) is 3.39. The Balaban J connectivity index is 1.48. The summed E-state index contributed by atoms with van der Waals surface area (Å²) in [6.07, 6.45) is 1.81. The molecule has 1 aliphatic rings. The Morgan fingerprint density at radius 2 is 2.12 bits per heavy atom. The van der Waals surface area contributed by atoms with Crippen LogP contribution in [0.3, 0.4) is 0 Å². The van der Waals surface area contributed by atoms with Gasteiger partial charge in [-0.25, -0.2) is 0 Å². The van der Waals surface area contributed by atoms with Crippen molar-refractivity contribution in [3.63, 3.8) is 0 Å². The summed E-state index contributed by atoms with van der Waals surface area (Å²) >= 11 is 1.58. The van der Waals surface area contributed by atoms with E-state index in [0.717, 1.165) is 18.4 Å². The van der Waals surface area contributed by atoms with Crippen LogP contribution >= 0.6 is 11.3 Å². The molecule has 26 heavy (non-hydrogen) atoms. The van der Waals surface area contributed by atoms with Gasteiger partial charge in [0, 0.05) is 29.6 Å². The number of carbonyl (C=O) groups excluding carboxylic acids is 1. The Morgan fingerprint density at radius 3 is 2.85 bits per heavy atom. The first kappa shape index (κ1) is 16.5. The number of hydrogen-bond donors (Lipinski definition) is 0. The van der Waals surface area contributed by atoms with E-state index in [4.69, 9.17) is 9.68 Å². The Bertz CT molecular complexity index is 941. The monoisotopic (exact) mass is 364 g/mol. The summed E-state index contributed by atoms with van der Waals surface area (Å²) in [5.41, 5.74) is 2.06. The van der Waals surface area contributed by atoms with Crippen LogP contribution in [0.2, 0.25) is 0 Å². The van der Waals surface area contributed by atoms with E-state index in [9.17, 15) is 4.79 Å². The summed E-state index contributed by atoms with van der Waals surface area (Å²) in [4.78, 5) is 14.6. The highest BCUT2D eigenvalue weighted by Gasteiger charge is 2.29. The molecule has 1 saturated heterocycles. The molecule has 1 aromatic carbocycles. The minimum atomic E-state index is -0.0308. The van der Waals surface area contributed by atoms with Gasteiger partial charge in [0.1, 0.15) is 0 Å². The maximum Gasteiger partial charge on any atom is 0.253 e. The number of thiophene rings is 1. The van der Waals surface area contributed by atoms with E-state index in [1.165, 1.54) is 0 Å². The SMILES string of the molecule is N#Cc1ccc(C(=O)N2CCCC(c3nnc(-c4ccsc4)o3)C2)cc1. The third-order valence-electron chi connectivity index (χ3n) is 4.53. The molecule has 1 unspecified atom stereocenters. The first-order valence-electron chi connectivity index (χ1n) is 8.40. The van der Waals surface area contributed by atoms with Crippen LogP contribution in [0.25, 0.3) is 11.5 Å². The topological polar surface area (TPSA) is 83.0 Å². The molecule has 0 bridgehead atoms. The number of carbonyl (C=O) groups is 1. The zero-order valence-electron chi connectivity index (χ0n) is 14.0. The van der Waals surface area contributed by atoms with Crippen molar-refractivity contribution in [2.75, 3.05) is 13.1 Å². The number of amides is 1. The number of likely N-dealkylation sites (tertiary alicyclic amines) is 1. The van der Waals surface area contributed by atoms with Crippen LogP contribution in [0.1, 0.15) is 40.6 Å². The van der Waals surface area contributed by atoms with Gasteiger partial charge in [0.05, 0.1) is 17.6 Å². The van der Waals surface area contributed by atoms with Crippen LogP contribution in [-0.4, -0.2) is 34.1 Å². The summed E-state index contributed by atoms with van der Waals surface area (Å²) in [6.45, 7) is 1.27. The van der Waals surface area contributed by atoms with Gasteiger partial charge in [-0.2, -0.15) is 16.6 Å². The molecule has 1 atom stereocenters. The van der Waals surface area contributed by atoms with E-state index in [1.807, 2.05) is 21.7 Å². The lowest BCUT2D eigenvalue weighted by molar-refractivity contribution is 0.0698. The normalized spacial score (nSPS) is 17.0. The van der Waals surface area contributed by atoms with E-state index < -0.39 is 0 Å². The predicted octanol–water partition coefficient (Wildman–Crippen LogP) is 3.69. The number of aromatic nitrogens is 2. The summed E-state index contributed by atoms with van der Waals surface area (Å²) in [5.74, 6) is 1.13. The Hall–Kier alpha value is -2.98. The molecule has 1 amide bonds. The van der Waals surface area contributed by atoms with Crippen LogP contribution in [0.5, 0.6) is 0 Å². The molecule has 6 nitrogen and oxygen atoms in total. The second kappa shape index (κ2) is 7.10. The van der Waals surface area contributed by atoms with Gasteiger partial charge in [0.25, 0.3) is 5.91 Å². The number of piperidine rings is 1. The lowest BCUT2D eigenvalue weighted by Gasteiger charge is -2.31. The molecule has 4 rings (SSSR count). The van der Waals surface area contributed by atoms with E-state index in [-0.39, 0.29) is 11.8 Å². The van der Waals surface area contributed by atoms with E-state index in [0.29, 0.717) is 36.0 Å². The van der Waals surface area contributed by atoms with Gasteiger partial charge in [-0.3, -0.25) is 4.79 Å². The third kappa shape index (κ3) is 3.24. The molecule has 0 radical (unpaired) electrons. The fourth-order valence-electron chi connectivity index (χ4n) is 3.14. The number of hydrogen-bond acceptors (Lipinski definition) is 6. The largest absolute Gasteiger partial charge is 0.420 e. The Kier molecular flexibility index (Phi) is 4.50. The van der Waals surface area contributed by atoms with Gasteiger partial charge in [-0.05, 0) is 48.6 Å². The number of rotatable bonds is 3. The minimum absolute atomic E-state index is 0.0308. The van der Waals surface area contributed by atoms with Crippen molar-refractivity contribution in [1.82, 2.24) is 15.1 Å². The molecular formula is C19H16N4O2S. The quantitative estimate of drug-likeness (QED) is 0.708. The highest BCUT2D eigenvalue weighted by molar-refractivity contribution is 7.08. The molecule has 1 fully saturated rings. The molecule has 1 aliphatic heterocycles. The van der Waals surface area contributed by atoms with Crippen LogP contribution in [0.4, 0.5) is 0 Å². The summed E-state index contributed by atoms with van der Waals surface area (Å²) < 4.78 is 5.84. The van der Waals surface area contributed by atoms with Crippen LogP contribution in [0.15, 0.2) is 45.5 Å². The molecule has 2 aromatic heterocycles.